The number of nitrogens with zero attached hydrogens (tertiary/aromatic N) is 5. The largest absolute Gasteiger partial charge is 0.495 e. The SMILES string of the molecule is COc1cnc2c(c1)c(C#N)c(-c1ncc(S(=O)(=O)NC(C)C(F)(F)F)cn1)n2C1=CC=C1. The number of aromatic nitrogens is 4. The Morgan fingerprint density at radius 1 is 1.21 bits per heavy atom. The summed E-state index contributed by atoms with van der Waals surface area (Å²) in [6.45, 7) is 0.686. The summed E-state index contributed by atoms with van der Waals surface area (Å²) in [4.78, 5) is 11.9. The van der Waals surface area contributed by atoms with Crippen molar-refractivity contribution < 1.29 is 26.3 Å². The predicted molar refractivity (Wildman–Crippen MR) is 111 cm³/mol. The fourth-order valence-corrected chi connectivity index (χ4v) is 4.23. The predicted octanol–water partition coefficient (Wildman–Crippen LogP) is 3.01. The van der Waals surface area contributed by atoms with E-state index in [2.05, 4.69) is 21.0 Å². The van der Waals surface area contributed by atoms with Gasteiger partial charge in [0, 0.05) is 11.1 Å². The van der Waals surface area contributed by atoms with Gasteiger partial charge in [0.25, 0.3) is 0 Å². The number of ether oxygens (including phenoxy) is 1. The molecule has 0 bridgehead atoms. The van der Waals surface area contributed by atoms with E-state index in [-0.39, 0.29) is 17.1 Å². The number of halogens is 3. The fourth-order valence-electron chi connectivity index (χ4n) is 3.11. The summed E-state index contributed by atoms with van der Waals surface area (Å²) in [5.41, 5.74) is 1.55. The summed E-state index contributed by atoms with van der Waals surface area (Å²) in [5.74, 6) is 0.417. The first-order valence-electron chi connectivity index (χ1n) is 9.35. The minimum absolute atomic E-state index is 0.00691. The fraction of sp³-hybridized carbons (Fsp3) is 0.200. The van der Waals surface area contributed by atoms with Crippen LogP contribution >= 0.6 is 0 Å². The lowest BCUT2D eigenvalue weighted by Crippen LogP contribution is -2.43. The molecule has 1 unspecified atom stereocenters. The molecule has 0 saturated heterocycles. The van der Waals surface area contributed by atoms with Crippen LogP contribution < -0.4 is 9.46 Å². The molecule has 0 fully saturated rings. The van der Waals surface area contributed by atoms with Gasteiger partial charge in [0.05, 0.1) is 31.3 Å². The molecule has 1 atom stereocenters. The van der Waals surface area contributed by atoms with Crippen LogP contribution in [0.3, 0.4) is 0 Å². The number of alkyl halides is 3. The highest BCUT2D eigenvalue weighted by Crippen LogP contribution is 2.36. The topological polar surface area (TPSA) is 123 Å². The molecule has 0 aliphatic heterocycles. The smallest absolute Gasteiger partial charge is 0.404 e. The molecule has 170 valence electrons. The van der Waals surface area contributed by atoms with Crippen LogP contribution in [-0.4, -0.2) is 47.3 Å². The van der Waals surface area contributed by atoms with Crippen LogP contribution in [0.5, 0.6) is 5.75 Å². The number of pyridine rings is 1. The molecule has 3 aromatic heterocycles. The monoisotopic (exact) mass is 476 g/mol. The molecule has 0 saturated carbocycles. The number of hydrogen-bond acceptors (Lipinski definition) is 7. The number of hydrogen-bond donors (Lipinski definition) is 1. The maximum absolute atomic E-state index is 12.8. The molecule has 0 aromatic carbocycles. The van der Waals surface area contributed by atoms with Gasteiger partial charge in [0.15, 0.2) is 5.82 Å². The second kappa shape index (κ2) is 7.98. The highest BCUT2D eigenvalue weighted by molar-refractivity contribution is 7.89. The molecule has 1 aliphatic rings. The Hall–Kier alpha value is -3.76. The van der Waals surface area contributed by atoms with Crippen LogP contribution in [0.15, 0.2) is 47.8 Å². The lowest BCUT2D eigenvalue weighted by molar-refractivity contribution is -0.147. The van der Waals surface area contributed by atoms with Crippen LogP contribution in [-0.2, 0) is 10.0 Å². The summed E-state index contributed by atoms with van der Waals surface area (Å²) >= 11 is 0. The molecule has 13 heteroatoms. The Labute approximate surface area is 185 Å². The zero-order valence-corrected chi connectivity index (χ0v) is 17.9. The molecule has 3 aromatic rings. The van der Waals surface area contributed by atoms with E-state index in [9.17, 15) is 26.9 Å². The molecule has 33 heavy (non-hydrogen) atoms. The van der Waals surface area contributed by atoms with Gasteiger partial charge in [-0.3, -0.25) is 4.57 Å². The molecule has 0 amide bonds. The second-order valence-electron chi connectivity index (χ2n) is 6.99. The van der Waals surface area contributed by atoms with Crippen molar-refractivity contribution in [1.29, 1.82) is 5.26 Å². The summed E-state index contributed by atoms with van der Waals surface area (Å²) in [7, 11) is -3.07. The third-order valence-corrected chi connectivity index (χ3v) is 6.39. The van der Waals surface area contributed by atoms with E-state index in [1.807, 2.05) is 0 Å². The van der Waals surface area contributed by atoms with E-state index >= 15 is 0 Å². The van der Waals surface area contributed by atoms with Gasteiger partial charge in [-0.2, -0.15) is 23.2 Å². The van der Waals surface area contributed by atoms with Crippen molar-refractivity contribution in [2.45, 2.75) is 24.0 Å². The first-order chi connectivity index (χ1) is 15.6. The van der Waals surface area contributed by atoms with Crippen molar-refractivity contribution in [3.05, 3.63) is 48.4 Å². The molecule has 0 radical (unpaired) electrons. The second-order valence-corrected chi connectivity index (χ2v) is 8.71. The van der Waals surface area contributed by atoms with E-state index in [1.165, 1.54) is 13.3 Å². The molecular weight excluding hydrogens is 461 g/mol. The first kappa shape index (κ1) is 22.4. The van der Waals surface area contributed by atoms with Gasteiger partial charge in [0.2, 0.25) is 10.0 Å². The summed E-state index contributed by atoms with van der Waals surface area (Å²) in [5, 5.41) is 10.3. The van der Waals surface area contributed by atoms with Crippen molar-refractivity contribution in [3.8, 4) is 23.3 Å². The highest BCUT2D eigenvalue weighted by atomic mass is 32.2. The van der Waals surface area contributed by atoms with Crippen molar-refractivity contribution in [3.63, 3.8) is 0 Å². The summed E-state index contributed by atoms with van der Waals surface area (Å²) < 4.78 is 71.3. The first-order valence-corrected chi connectivity index (χ1v) is 10.8. The van der Waals surface area contributed by atoms with Crippen LogP contribution in [0.1, 0.15) is 12.5 Å². The summed E-state index contributed by atoms with van der Waals surface area (Å²) in [6.07, 6.45) is 3.83. The molecule has 9 nitrogen and oxygen atoms in total. The molecule has 0 spiro atoms. The molecule has 4 rings (SSSR count). The molecule has 1 aliphatic carbocycles. The highest BCUT2D eigenvalue weighted by Gasteiger charge is 2.39. The number of methoxy groups -OCH3 is 1. The van der Waals surface area contributed by atoms with Gasteiger partial charge in [-0.15, -0.1) is 0 Å². The Morgan fingerprint density at radius 2 is 1.88 bits per heavy atom. The van der Waals surface area contributed by atoms with E-state index in [0.29, 0.717) is 29.4 Å². The van der Waals surface area contributed by atoms with Crippen molar-refractivity contribution >= 4 is 26.8 Å². The third-order valence-electron chi connectivity index (χ3n) is 4.90. The van der Waals surface area contributed by atoms with Crippen LogP contribution in [0.25, 0.3) is 28.2 Å². The van der Waals surface area contributed by atoms with Crippen molar-refractivity contribution in [2.75, 3.05) is 7.11 Å². The van der Waals surface area contributed by atoms with Gasteiger partial charge >= 0.3 is 6.18 Å². The van der Waals surface area contributed by atoms with Gasteiger partial charge in [-0.1, -0.05) is 6.08 Å². The van der Waals surface area contributed by atoms with Gasteiger partial charge in [-0.25, -0.2) is 23.4 Å². The standard InChI is InChI=1S/C20H15F3N6O3S/c1-11(20(21,22)23)28-33(30,31)14-9-25-18(26-10-14)17-16(7-24)15-6-13(32-2)8-27-19(15)29(17)12-4-3-5-12/h3-6,8-11,28H,1-2H3. The number of nitrogens with one attached hydrogen (secondary N) is 1. The zero-order valence-electron chi connectivity index (χ0n) is 17.1. The molecule has 3 heterocycles. The van der Waals surface area contributed by atoms with Crippen LogP contribution in [0, 0.1) is 11.3 Å². The minimum atomic E-state index is -4.76. The van der Waals surface area contributed by atoms with Gasteiger partial charge in [0.1, 0.15) is 34.1 Å². The van der Waals surface area contributed by atoms with E-state index in [1.54, 1.807) is 33.6 Å². The Kier molecular flexibility index (Phi) is 5.43. The lowest BCUT2D eigenvalue weighted by Gasteiger charge is -2.17. The average Bonchev–Trinajstić information content (AvgIpc) is 3.04. The Morgan fingerprint density at radius 3 is 2.39 bits per heavy atom. The molecular formula is C20H15F3N6O3S. The van der Waals surface area contributed by atoms with Crippen LogP contribution in [0.4, 0.5) is 13.2 Å². The van der Waals surface area contributed by atoms with E-state index in [4.69, 9.17) is 4.74 Å². The van der Waals surface area contributed by atoms with Gasteiger partial charge < -0.3 is 4.74 Å². The van der Waals surface area contributed by atoms with Crippen molar-refractivity contribution in [2.24, 2.45) is 0 Å². The third kappa shape index (κ3) is 3.94. The number of rotatable bonds is 6. The maximum atomic E-state index is 12.8. The Bertz CT molecular complexity index is 1450. The average molecular weight is 476 g/mol. The zero-order chi connectivity index (χ0) is 24.0. The maximum Gasteiger partial charge on any atom is 0.404 e. The number of fused-ring (bicyclic) bond motifs is 1. The van der Waals surface area contributed by atoms with Crippen LogP contribution in [0.2, 0.25) is 0 Å². The minimum Gasteiger partial charge on any atom is -0.495 e. The van der Waals surface area contributed by atoms with Crippen molar-refractivity contribution in [1.82, 2.24) is 24.2 Å². The number of nitriles is 1. The lowest BCUT2D eigenvalue weighted by atomic mass is 10.1. The quantitative estimate of drug-likeness (QED) is 0.580. The summed E-state index contributed by atoms with van der Waals surface area (Å²) in [6, 6.07) is 1.43. The number of sulfonamides is 1. The number of allylic oxidation sites excluding steroid dienone is 4. The van der Waals surface area contributed by atoms with E-state index in [0.717, 1.165) is 12.4 Å². The van der Waals surface area contributed by atoms with Gasteiger partial charge in [-0.05, 0) is 25.1 Å². The Balaban J connectivity index is 1.82. The molecule has 1 N–H and O–H groups in total. The normalized spacial score (nSPS) is 14.5. The van der Waals surface area contributed by atoms with E-state index < -0.39 is 27.1 Å².